The van der Waals surface area contributed by atoms with Crippen LogP contribution in [-0.4, -0.2) is 21.3 Å². The van der Waals surface area contributed by atoms with Gasteiger partial charge < -0.3 is 15.3 Å². The lowest BCUT2D eigenvalue weighted by Crippen LogP contribution is -2.16. The summed E-state index contributed by atoms with van der Waals surface area (Å²) in [4.78, 5) is 11.8. The summed E-state index contributed by atoms with van der Waals surface area (Å²) in [6, 6.07) is 1.52. The molecule has 1 aliphatic carbocycles. The Labute approximate surface area is 149 Å². The molecule has 0 spiro atoms. The zero-order chi connectivity index (χ0) is 18.6. The van der Waals surface area contributed by atoms with Crippen molar-refractivity contribution in [3.8, 4) is 11.5 Å². The Balaban J connectivity index is 2.55. The average Bonchev–Trinajstić information content (AvgIpc) is 2.54. The maximum Gasteiger partial charge on any atom is 0.339 e. The first-order chi connectivity index (χ1) is 11.9. The molecule has 4 nitrogen and oxygen atoms in total. The molecule has 0 fully saturated rings. The second-order valence-electron chi connectivity index (χ2n) is 6.93. The third kappa shape index (κ3) is 4.06. The number of hydrogen-bond donors (Lipinski definition) is 3. The van der Waals surface area contributed by atoms with E-state index in [9.17, 15) is 20.1 Å². The number of hydrogen-bond acceptors (Lipinski definition) is 3. The van der Waals surface area contributed by atoms with Gasteiger partial charge in [0, 0.05) is 11.5 Å². The first-order valence-electron chi connectivity index (χ1n) is 9.01. The largest absolute Gasteiger partial charge is 0.507 e. The van der Waals surface area contributed by atoms with Crippen LogP contribution in [0.2, 0.25) is 0 Å². The average molecular weight is 344 g/mol. The van der Waals surface area contributed by atoms with Crippen molar-refractivity contribution in [2.24, 2.45) is 5.92 Å². The molecule has 1 aliphatic rings. The molecule has 0 aromatic heterocycles. The van der Waals surface area contributed by atoms with Crippen LogP contribution in [0.15, 0.2) is 30.4 Å². The topological polar surface area (TPSA) is 77.8 Å². The van der Waals surface area contributed by atoms with E-state index in [-0.39, 0.29) is 28.9 Å². The van der Waals surface area contributed by atoms with Gasteiger partial charge in [0.25, 0.3) is 0 Å². The van der Waals surface area contributed by atoms with Crippen molar-refractivity contribution in [1.29, 1.82) is 0 Å². The Morgan fingerprint density at radius 1 is 1.36 bits per heavy atom. The number of unbranched alkanes of at least 4 members (excludes halogenated alkanes) is 2. The van der Waals surface area contributed by atoms with Crippen molar-refractivity contribution in [3.05, 3.63) is 47.1 Å². The van der Waals surface area contributed by atoms with Crippen molar-refractivity contribution >= 4 is 5.97 Å². The first-order valence-corrected chi connectivity index (χ1v) is 9.01. The van der Waals surface area contributed by atoms with Crippen LogP contribution in [0.1, 0.15) is 73.4 Å². The van der Waals surface area contributed by atoms with E-state index < -0.39 is 5.97 Å². The number of aryl methyl sites for hydroxylation is 1. The fourth-order valence-electron chi connectivity index (χ4n) is 3.70. The molecule has 136 valence electrons. The number of carboxylic acid groups (broad SMARTS) is 1. The normalized spacial score (nSPS) is 20.2. The highest BCUT2D eigenvalue weighted by molar-refractivity contribution is 5.94. The highest BCUT2D eigenvalue weighted by Crippen LogP contribution is 2.46. The van der Waals surface area contributed by atoms with Gasteiger partial charge in [0.05, 0.1) is 0 Å². The van der Waals surface area contributed by atoms with Crippen molar-refractivity contribution < 1.29 is 20.1 Å². The van der Waals surface area contributed by atoms with Crippen molar-refractivity contribution in [2.45, 2.75) is 58.3 Å². The number of rotatable bonds is 7. The molecule has 0 radical (unpaired) electrons. The van der Waals surface area contributed by atoms with Crippen LogP contribution >= 0.6 is 0 Å². The van der Waals surface area contributed by atoms with Crippen LogP contribution in [0.4, 0.5) is 0 Å². The minimum atomic E-state index is -1.16. The van der Waals surface area contributed by atoms with E-state index in [0.717, 1.165) is 32.1 Å². The molecule has 0 aliphatic heterocycles. The molecular weight excluding hydrogens is 316 g/mol. The third-order valence-electron chi connectivity index (χ3n) is 5.10. The van der Waals surface area contributed by atoms with Gasteiger partial charge in [-0.2, -0.15) is 0 Å². The van der Waals surface area contributed by atoms with E-state index in [1.165, 1.54) is 11.6 Å². The Kier molecular flexibility index (Phi) is 6.29. The zero-order valence-electron chi connectivity index (χ0n) is 15.1. The van der Waals surface area contributed by atoms with Crippen molar-refractivity contribution in [3.63, 3.8) is 0 Å². The predicted molar refractivity (Wildman–Crippen MR) is 99.4 cm³/mol. The summed E-state index contributed by atoms with van der Waals surface area (Å²) in [6.07, 6.45) is 8.99. The van der Waals surface area contributed by atoms with Crippen LogP contribution < -0.4 is 0 Å². The Hall–Kier alpha value is -2.23. The molecule has 0 saturated carbocycles. The van der Waals surface area contributed by atoms with Gasteiger partial charge in [-0.15, -0.1) is 6.58 Å². The number of aromatic hydroxyl groups is 2. The highest BCUT2D eigenvalue weighted by atomic mass is 16.4. The predicted octanol–water partition coefficient (Wildman–Crippen LogP) is 5.15. The molecule has 4 heteroatoms. The smallest absolute Gasteiger partial charge is 0.339 e. The number of phenolic OH excluding ortho intramolecular Hbond substituents is 1. The summed E-state index contributed by atoms with van der Waals surface area (Å²) in [5.74, 6) is -1.68. The molecule has 0 saturated heterocycles. The van der Waals surface area contributed by atoms with Gasteiger partial charge in [0.15, 0.2) is 0 Å². The van der Waals surface area contributed by atoms with Gasteiger partial charge in [-0.3, -0.25) is 0 Å². The standard InChI is InChI=1S/C21H28O4/c1-4-6-7-8-15-12-17(22)19(20(23)18(15)21(24)25)16-11-13(3)9-10-14(16)5-2/h5,11-12,14,16,22-23H,2,4,6-10H2,1,3H3,(H,24,25)/t14-,16?/m1/s1. The minimum Gasteiger partial charge on any atom is -0.507 e. The molecule has 0 heterocycles. The molecule has 2 rings (SSSR count). The fraction of sp³-hybridized carbons (Fsp3) is 0.476. The number of carboxylic acids is 1. The van der Waals surface area contributed by atoms with Crippen LogP contribution in [0.5, 0.6) is 11.5 Å². The van der Waals surface area contributed by atoms with E-state index >= 15 is 0 Å². The lowest BCUT2D eigenvalue weighted by molar-refractivity contribution is 0.0692. The summed E-state index contributed by atoms with van der Waals surface area (Å²) in [5.41, 5.74) is 1.89. The number of aromatic carboxylic acids is 1. The molecule has 1 aromatic rings. The second kappa shape index (κ2) is 8.24. The Bertz CT molecular complexity index is 688. The van der Waals surface area contributed by atoms with Crippen LogP contribution in [0, 0.1) is 5.92 Å². The molecule has 0 amide bonds. The molecule has 25 heavy (non-hydrogen) atoms. The van der Waals surface area contributed by atoms with Crippen LogP contribution in [0.3, 0.4) is 0 Å². The number of carbonyl (C=O) groups is 1. The number of phenols is 2. The maximum atomic E-state index is 11.8. The summed E-state index contributed by atoms with van der Waals surface area (Å²) in [6.45, 7) is 7.94. The lowest BCUT2D eigenvalue weighted by atomic mass is 9.76. The second-order valence-corrected chi connectivity index (χ2v) is 6.93. The van der Waals surface area contributed by atoms with E-state index in [2.05, 4.69) is 13.5 Å². The van der Waals surface area contributed by atoms with E-state index in [1.54, 1.807) is 0 Å². The maximum absolute atomic E-state index is 11.8. The molecule has 2 atom stereocenters. The number of benzene rings is 1. The van der Waals surface area contributed by atoms with Gasteiger partial charge in [-0.25, -0.2) is 4.79 Å². The monoisotopic (exact) mass is 344 g/mol. The van der Waals surface area contributed by atoms with Crippen molar-refractivity contribution in [2.75, 3.05) is 0 Å². The van der Waals surface area contributed by atoms with E-state index in [4.69, 9.17) is 0 Å². The zero-order valence-corrected chi connectivity index (χ0v) is 15.1. The first kappa shape index (κ1) is 19.1. The van der Waals surface area contributed by atoms with Crippen LogP contribution in [0.25, 0.3) is 0 Å². The molecule has 3 N–H and O–H groups in total. The summed E-state index contributed by atoms with van der Waals surface area (Å²) in [7, 11) is 0. The van der Waals surface area contributed by atoms with E-state index in [0.29, 0.717) is 17.5 Å². The summed E-state index contributed by atoms with van der Waals surface area (Å²) in [5, 5.41) is 30.9. The van der Waals surface area contributed by atoms with Gasteiger partial charge in [0.1, 0.15) is 17.1 Å². The van der Waals surface area contributed by atoms with Gasteiger partial charge >= 0.3 is 5.97 Å². The molecule has 1 aromatic carbocycles. The minimum absolute atomic E-state index is 0.0307. The molecule has 0 bridgehead atoms. The van der Waals surface area contributed by atoms with Crippen molar-refractivity contribution in [1.82, 2.24) is 0 Å². The van der Waals surface area contributed by atoms with Gasteiger partial charge in [0.2, 0.25) is 0 Å². The Morgan fingerprint density at radius 2 is 2.08 bits per heavy atom. The fourth-order valence-corrected chi connectivity index (χ4v) is 3.70. The molecular formula is C21H28O4. The SMILES string of the molecule is C=C[C@@H]1CCC(C)=CC1c1c(O)cc(CCCCC)c(C(=O)O)c1O. The third-order valence-corrected chi connectivity index (χ3v) is 5.10. The quantitative estimate of drug-likeness (QED) is 0.472. The summed E-state index contributed by atoms with van der Waals surface area (Å²) < 4.78 is 0. The Morgan fingerprint density at radius 3 is 2.68 bits per heavy atom. The highest BCUT2D eigenvalue weighted by Gasteiger charge is 2.31. The summed E-state index contributed by atoms with van der Waals surface area (Å²) >= 11 is 0. The number of allylic oxidation sites excluding steroid dienone is 3. The lowest BCUT2D eigenvalue weighted by Gasteiger charge is -2.29. The van der Waals surface area contributed by atoms with E-state index in [1.807, 2.05) is 19.1 Å². The van der Waals surface area contributed by atoms with Gasteiger partial charge in [-0.05, 0) is 50.2 Å². The molecule has 1 unspecified atom stereocenters. The van der Waals surface area contributed by atoms with Crippen LogP contribution in [-0.2, 0) is 6.42 Å². The van der Waals surface area contributed by atoms with Gasteiger partial charge in [-0.1, -0.05) is 37.5 Å².